The quantitative estimate of drug-likeness (QED) is 0.747. The van der Waals surface area contributed by atoms with Crippen molar-refractivity contribution in [3.8, 4) is 0 Å². The summed E-state index contributed by atoms with van der Waals surface area (Å²) in [6.45, 7) is 5.38. The average molecular weight is 284 g/mol. The van der Waals surface area contributed by atoms with Gasteiger partial charge in [-0.2, -0.15) is 0 Å². The Bertz CT molecular complexity index is 333. The summed E-state index contributed by atoms with van der Waals surface area (Å²) in [4.78, 5) is 25.2. The Balaban J connectivity index is 2.54. The number of nitrogens with two attached hydrogens (primary N) is 1. The van der Waals surface area contributed by atoms with Crippen molar-refractivity contribution >= 4 is 11.9 Å². The highest BCUT2D eigenvalue weighted by atomic mass is 16.4. The average Bonchev–Trinajstić information content (AvgIpc) is 2.44. The van der Waals surface area contributed by atoms with Crippen molar-refractivity contribution < 1.29 is 14.7 Å². The monoisotopic (exact) mass is 284 g/mol. The third-order valence-electron chi connectivity index (χ3n) is 4.40. The second-order valence-corrected chi connectivity index (χ2v) is 5.96. The molecule has 1 aliphatic rings. The summed E-state index contributed by atoms with van der Waals surface area (Å²) in [5, 5.41) is 9.32. The van der Waals surface area contributed by atoms with Crippen LogP contribution in [-0.2, 0) is 9.59 Å². The third kappa shape index (κ3) is 4.78. The predicted molar refractivity (Wildman–Crippen MR) is 78.2 cm³/mol. The first kappa shape index (κ1) is 17.0. The minimum atomic E-state index is -0.869. The van der Waals surface area contributed by atoms with Crippen LogP contribution in [0.25, 0.3) is 0 Å². The lowest BCUT2D eigenvalue weighted by molar-refractivity contribution is -0.153. The van der Waals surface area contributed by atoms with Gasteiger partial charge >= 0.3 is 5.97 Å². The standard InChI is InChI=1S/C15H28N2O3/c1-3-12-7-9-17(13(10-12)15(19)20)14(18)5-4-11(2)6-8-16/h11-13H,3-10,16H2,1-2H3,(H,19,20). The number of carboxylic acid groups (broad SMARTS) is 1. The molecule has 1 saturated heterocycles. The van der Waals surface area contributed by atoms with E-state index in [2.05, 4.69) is 13.8 Å². The van der Waals surface area contributed by atoms with Crippen LogP contribution in [-0.4, -0.2) is 41.0 Å². The van der Waals surface area contributed by atoms with Crippen LogP contribution in [0.1, 0.15) is 52.4 Å². The highest BCUT2D eigenvalue weighted by Gasteiger charge is 2.35. The normalized spacial score (nSPS) is 24.4. The highest BCUT2D eigenvalue weighted by molar-refractivity contribution is 5.83. The number of carboxylic acids is 1. The molecule has 0 spiro atoms. The van der Waals surface area contributed by atoms with E-state index in [0.717, 1.165) is 25.7 Å². The van der Waals surface area contributed by atoms with E-state index in [-0.39, 0.29) is 5.91 Å². The molecule has 3 N–H and O–H groups in total. The molecule has 1 heterocycles. The predicted octanol–water partition coefficient (Wildman–Crippen LogP) is 1.85. The molecule has 1 amide bonds. The lowest BCUT2D eigenvalue weighted by Crippen LogP contribution is -2.50. The lowest BCUT2D eigenvalue weighted by atomic mass is 9.88. The largest absolute Gasteiger partial charge is 0.480 e. The van der Waals surface area contributed by atoms with Crippen LogP contribution in [0.3, 0.4) is 0 Å². The smallest absolute Gasteiger partial charge is 0.326 e. The van der Waals surface area contributed by atoms with E-state index in [0.29, 0.717) is 37.8 Å². The zero-order chi connectivity index (χ0) is 15.1. The molecule has 3 unspecified atom stereocenters. The van der Waals surface area contributed by atoms with Crippen LogP contribution in [0.15, 0.2) is 0 Å². The number of amides is 1. The van der Waals surface area contributed by atoms with Gasteiger partial charge in [0.2, 0.25) is 5.91 Å². The molecule has 1 rings (SSSR count). The maximum absolute atomic E-state index is 12.2. The van der Waals surface area contributed by atoms with E-state index in [1.54, 1.807) is 4.90 Å². The first-order valence-electron chi connectivity index (χ1n) is 7.71. The minimum absolute atomic E-state index is 0.0178. The number of piperidine rings is 1. The maximum Gasteiger partial charge on any atom is 0.326 e. The van der Waals surface area contributed by atoms with Crippen LogP contribution in [0, 0.1) is 11.8 Å². The topological polar surface area (TPSA) is 83.6 Å². The van der Waals surface area contributed by atoms with Gasteiger partial charge in [0.15, 0.2) is 0 Å². The maximum atomic E-state index is 12.2. The summed E-state index contributed by atoms with van der Waals surface area (Å²) in [6.07, 6.45) is 4.63. The van der Waals surface area contributed by atoms with E-state index in [1.165, 1.54) is 0 Å². The number of hydrogen-bond acceptors (Lipinski definition) is 3. The van der Waals surface area contributed by atoms with Crippen molar-refractivity contribution in [2.45, 2.75) is 58.4 Å². The molecule has 0 aromatic heterocycles. The summed E-state index contributed by atoms with van der Waals surface area (Å²) in [6, 6.07) is -0.633. The number of carbonyl (C=O) groups is 2. The molecule has 5 nitrogen and oxygen atoms in total. The molecule has 0 bridgehead atoms. The van der Waals surface area contributed by atoms with Crippen LogP contribution >= 0.6 is 0 Å². The first-order chi connectivity index (χ1) is 9.49. The van der Waals surface area contributed by atoms with Crippen molar-refractivity contribution in [3.05, 3.63) is 0 Å². The highest BCUT2D eigenvalue weighted by Crippen LogP contribution is 2.26. The Labute approximate surface area is 121 Å². The second-order valence-electron chi connectivity index (χ2n) is 5.96. The van der Waals surface area contributed by atoms with E-state index in [1.807, 2.05) is 0 Å². The molecule has 0 saturated carbocycles. The zero-order valence-corrected chi connectivity index (χ0v) is 12.7. The van der Waals surface area contributed by atoms with Gasteiger partial charge in [-0.05, 0) is 44.1 Å². The van der Waals surface area contributed by atoms with Gasteiger partial charge in [0.05, 0.1) is 0 Å². The minimum Gasteiger partial charge on any atom is -0.480 e. The molecule has 1 aliphatic heterocycles. The van der Waals surface area contributed by atoms with E-state index in [4.69, 9.17) is 5.73 Å². The van der Waals surface area contributed by atoms with Crippen molar-refractivity contribution in [2.75, 3.05) is 13.1 Å². The fourth-order valence-electron chi connectivity index (χ4n) is 2.88. The van der Waals surface area contributed by atoms with Gasteiger partial charge < -0.3 is 15.7 Å². The number of carbonyl (C=O) groups excluding carboxylic acids is 1. The summed E-state index contributed by atoms with van der Waals surface area (Å²) >= 11 is 0. The number of hydrogen-bond donors (Lipinski definition) is 2. The molecular weight excluding hydrogens is 256 g/mol. The first-order valence-corrected chi connectivity index (χ1v) is 7.71. The summed E-state index contributed by atoms with van der Waals surface area (Å²) in [5.41, 5.74) is 5.50. The van der Waals surface area contributed by atoms with Crippen LogP contribution < -0.4 is 5.73 Å². The van der Waals surface area contributed by atoms with Crippen LogP contribution in [0.5, 0.6) is 0 Å². The Morgan fingerprint density at radius 1 is 1.40 bits per heavy atom. The summed E-state index contributed by atoms with van der Waals surface area (Å²) in [5.74, 6) is -0.0425. The fraction of sp³-hybridized carbons (Fsp3) is 0.867. The molecule has 0 aromatic carbocycles. The second kappa shape index (κ2) is 8.25. The van der Waals surface area contributed by atoms with Crippen LogP contribution in [0.2, 0.25) is 0 Å². The fourth-order valence-corrected chi connectivity index (χ4v) is 2.88. The van der Waals surface area contributed by atoms with Gasteiger partial charge in [0.1, 0.15) is 6.04 Å². The van der Waals surface area contributed by atoms with Crippen molar-refractivity contribution in [1.82, 2.24) is 4.90 Å². The zero-order valence-electron chi connectivity index (χ0n) is 12.7. The van der Waals surface area contributed by atoms with Gasteiger partial charge in [-0.1, -0.05) is 20.3 Å². The van der Waals surface area contributed by atoms with Crippen LogP contribution in [0.4, 0.5) is 0 Å². The molecule has 3 atom stereocenters. The number of aliphatic carboxylic acids is 1. The number of likely N-dealkylation sites (tertiary alicyclic amines) is 1. The van der Waals surface area contributed by atoms with E-state index < -0.39 is 12.0 Å². The molecule has 0 radical (unpaired) electrons. The summed E-state index contributed by atoms with van der Waals surface area (Å²) < 4.78 is 0. The van der Waals surface area contributed by atoms with Gasteiger partial charge in [0.25, 0.3) is 0 Å². The molecule has 1 fully saturated rings. The lowest BCUT2D eigenvalue weighted by Gasteiger charge is -2.37. The molecule has 116 valence electrons. The number of rotatable bonds is 7. The van der Waals surface area contributed by atoms with Crippen molar-refractivity contribution in [1.29, 1.82) is 0 Å². The number of nitrogens with zero attached hydrogens (tertiary/aromatic N) is 1. The van der Waals surface area contributed by atoms with E-state index >= 15 is 0 Å². The summed E-state index contributed by atoms with van der Waals surface area (Å²) in [7, 11) is 0. The van der Waals surface area contributed by atoms with Crippen molar-refractivity contribution in [2.24, 2.45) is 17.6 Å². The Morgan fingerprint density at radius 2 is 2.10 bits per heavy atom. The van der Waals surface area contributed by atoms with Gasteiger partial charge in [0, 0.05) is 13.0 Å². The Morgan fingerprint density at radius 3 is 2.65 bits per heavy atom. The molecule has 0 aromatic rings. The molecule has 0 aliphatic carbocycles. The molecule has 5 heteroatoms. The SMILES string of the molecule is CCC1CCN(C(=O)CCC(C)CCN)C(C(=O)O)C1. The Hall–Kier alpha value is -1.10. The molecular formula is C15H28N2O3. The van der Waals surface area contributed by atoms with Gasteiger partial charge in [-0.25, -0.2) is 4.79 Å². The van der Waals surface area contributed by atoms with Gasteiger partial charge in [-0.15, -0.1) is 0 Å². The van der Waals surface area contributed by atoms with Crippen molar-refractivity contribution in [3.63, 3.8) is 0 Å². The Kier molecular flexibility index (Phi) is 6.99. The van der Waals surface area contributed by atoms with Gasteiger partial charge in [-0.3, -0.25) is 4.79 Å². The third-order valence-corrected chi connectivity index (χ3v) is 4.40. The van der Waals surface area contributed by atoms with E-state index in [9.17, 15) is 14.7 Å². The molecule has 20 heavy (non-hydrogen) atoms.